The van der Waals surface area contributed by atoms with Crippen LogP contribution in [0.1, 0.15) is 27.7 Å². The molecule has 0 fully saturated rings. The number of hydrogen-bond acceptors (Lipinski definition) is 2. The van der Waals surface area contributed by atoms with Crippen molar-refractivity contribution in [3.8, 4) is 0 Å². The lowest BCUT2D eigenvalue weighted by Crippen LogP contribution is -2.17. The average molecular weight is 180 g/mol. The van der Waals surface area contributed by atoms with E-state index < -0.39 is 0 Å². The zero-order valence-electron chi connectivity index (χ0n) is 8.59. The molecular formula is C10H16N2O. The van der Waals surface area contributed by atoms with Gasteiger partial charge in [-0.25, -0.2) is 0 Å². The summed E-state index contributed by atoms with van der Waals surface area (Å²) in [4.78, 5) is 14.7. The molecule has 3 nitrogen and oxygen atoms in total. The van der Waals surface area contributed by atoms with E-state index in [0.29, 0.717) is 5.70 Å². The van der Waals surface area contributed by atoms with E-state index in [9.17, 15) is 4.79 Å². The fraction of sp³-hybridized carbons (Fsp3) is 0.400. The van der Waals surface area contributed by atoms with Crippen LogP contribution >= 0.6 is 0 Å². The van der Waals surface area contributed by atoms with E-state index in [4.69, 9.17) is 0 Å². The molecule has 3 heteroatoms. The van der Waals surface area contributed by atoms with E-state index in [0.717, 1.165) is 5.57 Å². The minimum absolute atomic E-state index is 0.0879. The standard InChI is InChI=1S/C10H16N2O/c1-5-11-7-10(6-8(2)3)12-9(4)13/h5-7H,1-4H3,(H,12,13)/b10-7+,11-5?. The zero-order valence-corrected chi connectivity index (χ0v) is 8.59. The largest absolute Gasteiger partial charge is 0.325 e. The Balaban J connectivity index is 4.55. The maximum atomic E-state index is 10.8. The lowest BCUT2D eigenvalue weighted by Gasteiger charge is -2.01. The lowest BCUT2D eigenvalue weighted by molar-refractivity contribution is -0.118. The van der Waals surface area contributed by atoms with Crippen molar-refractivity contribution >= 4 is 12.1 Å². The Hall–Kier alpha value is -1.38. The molecule has 0 saturated heterocycles. The molecule has 0 aliphatic carbocycles. The molecule has 0 aliphatic heterocycles. The van der Waals surface area contributed by atoms with Gasteiger partial charge in [0.15, 0.2) is 0 Å². The van der Waals surface area contributed by atoms with Crippen LogP contribution in [0.25, 0.3) is 0 Å². The SMILES string of the molecule is CC=N/C=C(\C=C(C)C)NC(C)=O. The van der Waals surface area contributed by atoms with Gasteiger partial charge in [0.25, 0.3) is 0 Å². The third-order valence-corrected chi connectivity index (χ3v) is 1.13. The molecule has 13 heavy (non-hydrogen) atoms. The number of rotatable bonds is 3. The number of hydrogen-bond donors (Lipinski definition) is 1. The smallest absolute Gasteiger partial charge is 0.221 e. The lowest BCUT2D eigenvalue weighted by atomic mass is 10.3. The summed E-state index contributed by atoms with van der Waals surface area (Å²) < 4.78 is 0. The predicted octanol–water partition coefficient (Wildman–Crippen LogP) is 2.02. The number of nitrogens with zero attached hydrogens (tertiary/aromatic N) is 1. The summed E-state index contributed by atoms with van der Waals surface area (Å²) >= 11 is 0. The Bertz CT molecular complexity index is 258. The van der Waals surface area contributed by atoms with E-state index in [1.165, 1.54) is 6.92 Å². The molecule has 0 unspecified atom stereocenters. The molecule has 0 bridgehead atoms. The number of nitrogens with one attached hydrogen (secondary N) is 1. The van der Waals surface area contributed by atoms with E-state index in [1.54, 1.807) is 12.4 Å². The summed E-state index contributed by atoms with van der Waals surface area (Å²) in [5, 5.41) is 2.68. The van der Waals surface area contributed by atoms with E-state index in [2.05, 4.69) is 10.3 Å². The van der Waals surface area contributed by atoms with Gasteiger partial charge in [-0.3, -0.25) is 9.79 Å². The van der Waals surface area contributed by atoms with Crippen molar-refractivity contribution in [1.29, 1.82) is 0 Å². The summed E-state index contributed by atoms with van der Waals surface area (Å²) in [6.45, 7) is 7.23. The van der Waals surface area contributed by atoms with Crippen molar-refractivity contribution in [2.45, 2.75) is 27.7 Å². The van der Waals surface area contributed by atoms with Crippen LogP contribution in [0.15, 0.2) is 28.5 Å². The highest BCUT2D eigenvalue weighted by Gasteiger charge is 1.94. The second kappa shape index (κ2) is 6.17. The number of amides is 1. The fourth-order valence-electron chi connectivity index (χ4n) is 0.775. The van der Waals surface area contributed by atoms with Crippen molar-refractivity contribution in [2.75, 3.05) is 0 Å². The highest BCUT2D eigenvalue weighted by Crippen LogP contribution is 1.98. The van der Waals surface area contributed by atoms with Gasteiger partial charge in [-0.1, -0.05) is 5.57 Å². The molecule has 0 heterocycles. The quantitative estimate of drug-likeness (QED) is 0.524. The van der Waals surface area contributed by atoms with E-state index in [-0.39, 0.29) is 5.91 Å². The van der Waals surface area contributed by atoms with Gasteiger partial charge in [0.2, 0.25) is 5.91 Å². The maximum absolute atomic E-state index is 10.8. The van der Waals surface area contributed by atoms with Gasteiger partial charge in [-0.2, -0.15) is 0 Å². The van der Waals surface area contributed by atoms with Gasteiger partial charge in [0.1, 0.15) is 0 Å². The van der Waals surface area contributed by atoms with E-state index >= 15 is 0 Å². The Labute approximate surface area is 79.3 Å². The first-order valence-electron chi connectivity index (χ1n) is 4.16. The first-order valence-corrected chi connectivity index (χ1v) is 4.16. The second-order valence-electron chi connectivity index (χ2n) is 2.89. The molecule has 1 amide bonds. The van der Waals surface area contributed by atoms with Crippen LogP contribution in [-0.2, 0) is 4.79 Å². The number of carbonyl (C=O) groups is 1. The van der Waals surface area contributed by atoms with Crippen LogP contribution in [0, 0.1) is 0 Å². The maximum Gasteiger partial charge on any atom is 0.221 e. The van der Waals surface area contributed by atoms with Crippen LogP contribution in [0.4, 0.5) is 0 Å². The molecule has 0 aliphatic rings. The summed E-state index contributed by atoms with van der Waals surface area (Å²) in [5.74, 6) is -0.0879. The van der Waals surface area contributed by atoms with Gasteiger partial charge in [-0.05, 0) is 26.8 Å². The van der Waals surface area contributed by atoms with Crippen molar-refractivity contribution < 1.29 is 4.79 Å². The van der Waals surface area contributed by atoms with Crippen molar-refractivity contribution in [3.63, 3.8) is 0 Å². The molecule has 72 valence electrons. The normalized spacial score (nSPS) is 11.5. The van der Waals surface area contributed by atoms with E-state index in [1.807, 2.05) is 26.8 Å². The topological polar surface area (TPSA) is 41.5 Å². The van der Waals surface area contributed by atoms with Gasteiger partial charge in [-0.15, -0.1) is 0 Å². The highest BCUT2D eigenvalue weighted by molar-refractivity contribution is 5.75. The number of aliphatic imine (C=N–C) groups is 1. The minimum Gasteiger partial charge on any atom is -0.325 e. The predicted molar refractivity (Wildman–Crippen MR) is 55.5 cm³/mol. The summed E-state index contributed by atoms with van der Waals surface area (Å²) in [6.07, 6.45) is 5.16. The molecule has 0 saturated carbocycles. The molecule has 0 aromatic rings. The van der Waals surface area contributed by atoms with Crippen LogP contribution in [0.5, 0.6) is 0 Å². The minimum atomic E-state index is -0.0879. The molecule has 0 aromatic heterocycles. The Kier molecular flexibility index (Phi) is 5.52. The first kappa shape index (κ1) is 11.6. The highest BCUT2D eigenvalue weighted by atomic mass is 16.1. The van der Waals surface area contributed by atoms with Gasteiger partial charge in [0, 0.05) is 19.3 Å². The van der Waals surface area contributed by atoms with Gasteiger partial charge in [0.05, 0.1) is 5.70 Å². The van der Waals surface area contributed by atoms with Crippen LogP contribution in [0.3, 0.4) is 0 Å². The van der Waals surface area contributed by atoms with Crippen molar-refractivity contribution in [3.05, 3.63) is 23.5 Å². The van der Waals surface area contributed by atoms with Gasteiger partial charge < -0.3 is 5.32 Å². The third kappa shape index (κ3) is 7.00. The Morgan fingerprint density at radius 1 is 1.31 bits per heavy atom. The molecule has 0 atom stereocenters. The number of carbonyl (C=O) groups excluding carboxylic acids is 1. The molecule has 0 rings (SSSR count). The molecular weight excluding hydrogens is 164 g/mol. The zero-order chi connectivity index (χ0) is 10.3. The Morgan fingerprint density at radius 2 is 1.92 bits per heavy atom. The average Bonchev–Trinajstić information content (AvgIpc) is 1.98. The number of allylic oxidation sites excluding steroid dienone is 2. The molecule has 0 aromatic carbocycles. The van der Waals surface area contributed by atoms with Crippen LogP contribution < -0.4 is 5.32 Å². The van der Waals surface area contributed by atoms with Crippen molar-refractivity contribution in [2.24, 2.45) is 4.99 Å². The van der Waals surface area contributed by atoms with Crippen LogP contribution in [0.2, 0.25) is 0 Å². The van der Waals surface area contributed by atoms with Crippen LogP contribution in [-0.4, -0.2) is 12.1 Å². The summed E-state index contributed by atoms with van der Waals surface area (Å²) in [6, 6.07) is 0. The second-order valence-corrected chi connectivity index (χ2v) is 2.89. The molecule has 1 N–H and O–H groups in total. The summed E-state index contributed by atoms with van der Waals surface area (Å²) in [7, 11) is 0. The fourth-order valence-corrected chi connectivity index (χ4v) is 0.775. The van der Waals surface area contributed by atoms with Gasteiger partial charge >= 0.3 is 0 Å². The Morgan fingerprint density at radius 3 is 2.31 bits per heavy atom. The third-order valence-electron chi connectivity index (χ3n) is 1.13. The first-order chi connectivity index (χ1) is 6.06. The van der Waals surface area contributed by atoms with Crippen molar-refractivity contribution in [1.82, 2.24) is 5.32 Å². The molecule has 0 radical (unpaired) electrons. The monoisotopic (exact) mass is 180 g/mol. The molecule has 0 spiro atoms. The summed E-state index contributed by atoms with van der Waals surface area (Å²) in [5.41, 5.74) is 1.83.